The van der Waals surface area contributed by atoms with E-state index in [9.17, 15) is 15.0 Å². The number of hydrogen-bond acceptors (Lipinski definition) is 7. The van der Waals surface area contributed by atoms with Crippen molar-refractivity contribution in [2.24, 2.45) is 0 Å². The number of aliphatic hydroxyl groups is 2. The summed E-state index contributed by atoms with van der Waals surface area (Å²) in [7, 11) is 3.07. The van der Waals surface area contributed by atoms with Gasteiger partial charge in [-0.1, -0.05) is 0 Å². The molecule has 0 amide bonds. The first kappa shape index (κ1) is 22.0. The number of nitrogens with one attached hydrogen (secondary N) is 1. The van der Waals surface area contributed by atoms with Gasteiger partial charge in [-0.2, -0.15) is 0 Å². The van der Waals surface area contributed by atoms with Crippen LogP contribution < -0.4 is 14.8 Å². The predicted octanol–water partition coefficient (Wildman–Crippen LogP) is 3.72. The monoisotopic (exact) mass is 420 g/mol. The van der Waals surface area contributed by atoms with E-state index in [1.165, 1.54) is 13.2 Å². The number of allylic oxidation sites excluding steroid dienone is 1. The fourth-order valence-electron chi connectivity index (χ4n) is 3.09. The van der Waals surface area contributed by atoms with Crippen molar-refractivity contribution in [2.75, 3.05) is 19.5 Å². The van der Waals surface area contributed by atoms with Crippen LogP contribution in [-0.2, 0) is 13.2 Å². The molecule has 0 radical (unpaired) electrons. The second-order valence-corrected chi connectivity index (χ2v) is 6.62. The molecule has 0 unspecified atom stereocenters. The standard InChI is InChI=1S/C24H24N2O5/c1-30-20-8-5-16(6-9-20)22(29)10-7-17-4-3-11-25-24(17)26-19-12-18(14-27)21(15-28)23(13-19)31-2/h3-13,27-28H,14-15H2,1-2H3,(H,25,26). The number of aromatic nitrogens is 1. The highest BCUT2D eigenvalue weighted by Crippen LogP contribution is 2.30. The Hall–Kier alpha value is -3.68. The molecule has 0 atom stereocenters. The summed E-state index contributed by atoms with van der Waals surface area (Å²) in [5.74, 6) is 1.53. The van der Waals surface area contributed by atoms with Crippen LogP contribution in [0.1, 0.15) is 27.0 Å². The maximum atomic E-state index is 12.5. The number of aliphatic hydroxyl groups excluding tert-OH is 2. The summed E-state index contributed by atoms with van der Waals surface area (Å²) < 4.78 is 10.4. The SMILES string of the molecule is COc1ccc(C(=O)C=Cc2cccnc2Nc2cc(CO)c(CO)c(OC)c2)cc1. The highest BCUT2D eigenvalue weighted by Gasteiger charge is 2.12. The lowest BCUT2D eigenvalue weighted by Crippen LogP contribution is -2.03. The van der Waals surface area contributed by atoms with Gasteiger partial charge in [-0.05, 0) is 60.2 Å². The predicted molar refractivity (Wildman–Crippen MR) is 119 cm³/mol. The van der Waals surface area contributed by atoms with E-state index < -0.39 is 0 Å². The van der Waals surface area contributed by atoms with Gasteiger partial charge in [0, 0.05) is 34.6 Å². The zero-order valence-electron chi connectivity index (χ0n) is 17.3. The molecule has 1 aromatic heterocycles. The lowest BCUT2D eigenvalue weighted by molar-refractivity contribution is 0.104. The molecule has 0 aliphatic heterocycles. The van der Waals surface area contributed by atoms with Crippen LogP contribution in [0.2, 0.25) is 0 Å². The number of carbonyl (C=O) groups is 1. The zero-order chi connectivity index (χ0) is 22.2. The normalized spacial score (nSPS) is 10.8. The molecule has 31 heavy (non-hydrogen) atoms. The second kappa shape index (κ2) is 10.4. The molecule has 3 N–H and O–H groups in total. The Morgan fingerprint density at radius 3 is 2.48 bits per heavy atom. The first-order chi connectivity index (χ1) is 15.1. The maximum Gasteiger partial charge on any atom is 0.185 e. The summed E-state index contributed by atoms with van der Waals surface area (Å²) in [4.78, 5) is 16.8. The molecular weight excluding hydrogens is 396 g/mol. The van der Waals surface area contributed by atoms with Crippen molar-refractivity contribution in [3.8, 4) is 11.5 Å². The molecule has 1 heterocycles. The first-order valence-electron chi connectivity index (χ1n) is 9.59. The Balaban J connectivity index is 1.85. The number of pyridine rings is 1. The molecule has 0 fully saturated rings. The van der Waals surface area contributed by atoms with Crippen molar-refractivity contribution in [2.45, 2.75) is 13.2 Å². The third-order valence-corrected chi connectivity index (χ3v) is 4.74. The maximum absolute atomic E-state index is 12.5. The molecule has 3 aromatic rings. The van der Waals surface area contributed by atoms with Gasteiger partial charge in [0.2, 0.25) is 0 Å². The van der Waals surface area contributed by atoms with Crippen LogP contribution in [-0.4, -0.2) is 35.2 Å². The van der Waals surface area contributed by atoms with E-state index in [-0.39, 0.29) is 19.0 Å². The third kappa shape index (κ3) is 5.28. The number of carbonyl (C=O) groups excluding carboxylic acids is 1. The Labute approximate surface area is 180 Å². The summed E-state index contributed by atoms with van der Waals surface area (Å²) in [6, 6.07) is 13.9. The fraction of sp³-hybridized carbons (Fsp3) is 0.167. The highest BCUT2D eigenvalue weighted by atomic mass is 16.5. The van der Waals surface area contributed by atoms with E-state index in [2.05, 4.69) is 10.3 Å². The summed E-state index contributed by atoms with van der Waals surface area (Å²) in [6.07, 6.45) is 4.81. The quantitative estimate of drug-likeness (QED) is 0.358. The van der Waals surface area contributed by atoms with Gasteiger partial charge >= 0.3 is 0 Å². The number of rotatable bonds is 9. The van der Waals surface area contributed by atoms with Gasteiger partial charge in [0.05, 0.1) is 27.4 Å². The number of anilines is 2. The van der Waals surface area contributed by atoms with Crippen LogP contribution in [0.15, 0.2) is 60.8 Å². The van der Waals surface area contributed by atoms with E-state index in [1.54, 1.807) is 61.8 Å². The number of hydrogen-bond donors (Lipinski definition) is 3. The molecule has 0 spiro atoms. The van der Waals surface area contributed by atoms with Gasteiger partial charge in [-0.3, -0.25) is 4.79 Å². The molecule has 3 rings (SSSR count). The van der Waals surface area contributed by atoms with E-state index in [4.69, 9.17) is 9.47 Å². The number of ketones is 1. The van der Waals surface area contributed by atoms with Gasteiger partial charge in [0.1, 0.15) is 17.3 Å². The number of nitrogens with zero attached hydrogens (tertiary/aromatic N) is 1. The smallest absolute Gasteiger partial charge is 0.185 e. The number of methoxy groups -OCH3 is 2. The van der Waals surface area contributed by atoms with Gasteiger partial charge < -0.3 is 25.0 Å². The fourth-order valence-corrected chi connectivity index (χ4v) is 3.09. The van der Waals surface area contributed by atoms with Crippen LogP contribution in [0, 0.1) is 0 Å². The summed E-state index contributed by atoms with van der Waals surface area (Å²) in [5.41, 5.74) is 2.97. The van der Waals surface area contributed by atoms with Crippen molar-refractivity contribution in [1.29, 1.82) is 0 Å². The largest absolute Gasteiger partial charge is 0.497 e. The Morgan fingerprint density at radius 2 is 1.84 bits per heavy atom. The average molecular weight is 420 g/mol. The second-order valence-electron chi connectivity index (χ2n) is 6.62. The average Bonchev–Trinajstić information content (AvgIpc) is 2.82. The van der Waals surface area contributed by atoms with Gasteiger partial charge in [0.15, 0.2) is 5.78 Å². The van der Waals surface area contributed by atoms with Gasteiger partial charge in [-0.15, -0.1) is 0 Å². The molecule has 0 aliphatic carbocycles. The molecule has 0 saturated heterocycles. The topological polar surface area (TPSA) is 101 Å². The molecular formula is C24H24N2O5. The van der Waals surface area contributed by atoms with E-state index in [1.807, 2.05) is 6.07 Å². The minimum Gasteiger partial charge on any atom is -0.497 e. The first-order valence-corrected chi connectivity index (χ1v) is 9.59. The van der Waals surface area contributed by atoms with E-state index in [0.717, 1.165) is 0 Å². The van der Waals surface area contributed by atoms with E-state index in [0.29, 0.717) is 45.3 Å². The third-order valence-electron chi connectivity index (χ3n) is 4.74. The van der Waals surface area contributed by atoms with Crippen LogP contribution in [0.25, 0.3) is 6.08 Å². The van der Waals surface area contributed by atoms with Crippen molar-refractivity contribution in [3.05, 3.63) is 83.1 Å². The van der Waals surface area contributed by atoms with Crippen LogP contribution in [0.3, 0.4) is 0 Å². The van der Waals surface area contributed by atoms with Crippen molar-refractivity contribution < 1.29 is 24.5 Å². The molecule has 2 aromatic carbocycles. The highest BCUT2D eigenvalue weighted by molar-refractivity contribution is 6.07. The molecule has 0 bridgehead atoms. The van der Waals surface area contributed by atoms with Gasteiger partial charge in [0.25, 0.3) is 0 Å². The van der Waals surface area contributed by atoms with Crippen LogP contribution in [0.4, 0.5) is 11.5 Å². The van der Waals surface area contributed by atoms with Crippen molar-refractivity contribution in [1.82, 2.24) is 4.98 Å². The molecule has 160 valence electrons. The Morgan fingerprint density at radius 1 is 1.06 bits per heavy atom. The minimum atomic E-state index is -0.246. The minimum absolute atomic E-state index is 0.144. The molecule has 7 nitrogen and oxygen atoms in total. The Kier molecular flexibility index (Phi) is 7.37. The van der Waals surface area contributed by atoms with Crippen LogP contribution in [0.5, 0.6) is 11.5 Å². The lowest BCUT2D eigenvalue weighted by Gasteiger charge is -2.15. The number of ether oxygens (including phenoxy) is 2. The number of benzene rings is 2. The molecule has 0 saturated carbocycles. The summed E-state index contributed by atoms with van der Waals surface area (Å²) >= 11 is 0. The lowest BCUT2D eigenvalue weighted by atomic mass is 10.1. The van der Waals surface area contributed by atoms with Crippen LogP contribution >= 0.6 is 0 Å². The molecule has 0 aliphatic rings. The van der Waals surface area contributed by atoms with Crippen molar-refractivity contribution >= 4 is 23.4 Å². The summed E-state index contributed by atoms with van der Waals surface area (Å²) in [6.45, 7) is -0.489. The summed E-state index contributed by atoms with van der Waals surface area (Å²) in [5, 5.41) is 22.4. The van der Waals surface area contributed by atoms with Crippen molar-refractivity contribution in [3.63, 3.8) is 0 Å². The zero-order valence-corrected chi connectivity index (χ0v) is 17.3. The Bertz CT molecular complexity index is 1050. The van der Waals surface area contributed by atoms with Gasteiger partial charge in [-0.25, -0.2) is 4.98 Å². The van der Waals surface area contributed by atoms with E-state index >= 15 is 0 Å². The molecule has 7 heteroatoms.